The largest absolute Gasteiger partial charge is 0.391 e. The highest BCUT2D eigenvalue weighted by Crippen LogP contribution is 2.32. The summed E-state index contributed by atoms with van der Waals surface area (Å²) in [6.07, 6.45) is 1.55. The molecule has 0 heterocycles. The number of hydrogen-bond donors (Lipinski definition) is 2. The van der Waals surface area contributed by atoms with Crippen LogP contribution < -0.4 is 5.32 Å². The highest BCUT2D eigenvalue weighted by molar-refractivity contribution is 5.85. The first kappa shape index (κ1) is 16.4. The van der Waals surface area contributed by atoms with Gasteiger partial charge in [-0.2, -0.15) is 0 Å². The van der Waals surface area contributed by atoms with Crippen LogP contribution in [0.2, 0.25) is 0 Å². The van der Waals surface area contributed by atoms with E-state index < -0.39 is 11.9 Å². The van der Waals surface area contributed by atoms with Crippen molar-refractivity contribution < 1.29 is 19.1 Å². The number of carbonyl (C=O) groups is 2. The number of rotatable bonds is 7. The van der Waals surface area contributed by atoms with E-state index in [4.69, 9.17) is 0 Å². The number of nitrogens with zero attached hydrogens (tertiary/aromatic N) is 1. The highest BCUT2D eigenvalue weighted by atomic mass is 19.1. The van der Waals surface area contributed by atoms with Crippen LogP contribution >= 0.6 is 0 Å². The van der Waals surface area contributed by atoms with Crippen molar-refractivity contribution in [3.05, 3.63) is 35.6 Å². The maximum atomic E-state index is 13.0. The molecule has 0 radical (unpaired) electrons. The summed E-state index contributed by atoms with van der Waals surface area (Å²) in [6, 6.07) is 5.79. The standard InChI is InChI=1S/C16H21FN2O3/c1-19(10-14(20)12-5-6-12)16(22)9-18-15(21)8-11-3-2-4-13(17)7-11/h2-4,7,12,14,20H,5-6,8-10H2,1H3,(H,18,21). The summed E-state index contributed by atoms with van der Waals surface area (Å²) < 4.78 is 13.0. The van der Waals surface area contributed by atoms with Crippen molar-refractivity contribution in [2.75, 3.05) is 20.1 Å². The molecule has 0 aromatic heterocycles. The molecule has 6 heteroatoms. The van der Waals surface area contributed by atoms with Crippen molar-refractivity contribution in [1.82, 2.24) is 10.2 Å². The molecule has 0 spiro atoms. The molecule has 1 atom stereocenters. The molecule has 1 saturated carbocycles. The van der Waals surface area contributed by atoms with Crippen LogP contribution in [0.15, 0.2) is 24.3 Å². The zero-order chi connectivity index (χ0) is 16.1. The number of halogens is 1. The Balaban J connectivity index is 1.71. The lowest BCUT2D eigenvalue weighted by Crippen LogP contribution is -2.42. The average Bonchev–Trinajstić information content (AvgIpc) is 3.29. The lowest BCUT2D eigenvalue weighted by atomic mass is 10.1. The number of aliphatic hydroxyl groups excluding tert-OH is 1. The molecule has 5 nitrogen and oxygen atoms in total. The molecule has 1 unspecified atom stereocenters. The van der Waals surface area contributed by atoms with E-state index in [0.717, 1.165) is 12.8 Å². The van der Waals surface area contributed by atoms with Gasteiger partial charge < -0.3 is 15.3 Å². The third kappa shape index (κ3) is 5.11. The monoisotopic (exact) mass is 308 g/mol. The molecular formula is C16H21FN2O3. The van der Waals surface area contributed by atoms with Gasteiger partial charge in [0.15, 0.2) is 0 Å². The van der Waals surface area contributed by atoms with Crippen LogP contribution in [0.3, 0.4) is 0 Å². The minimum absolute atomic E-state index is 0.0272. The molecule has 2 N–H and O–H groups in total. The van der Waals surface area contributed by atoms with Crippen LogP contribution in [-0.2, 0) is 16.0 Å². The maximum absolute atomic E-state index is 13.0. The minimum Gasteiger partial charge on any atom is -0.391 e. The average molecular weight is 308 g/mol. The normalized spacial score (nSPS) is 15.2. The predicted octanol–water partition coefficient (Wildman–Crippen LogP) is 0.714. The number of carbonyl (C=O) groups excluding carboxylic acids is 2. The zero-order valence-electron chi connectivity index (χ0n) is 12.6. The Morgan fingerprint density at radius 2 is 2.18 bits per heavy atom. The van der Waals surface area contributed by atoms with Gasteiger partial charge in [0, 0.05) is 13.6 Å². The van der Waals surface area contributed by atoms with Crippen molar-refractivity contribution in [3.63, 3.8) is 0 Å². The number of nitrogens with one attached hydrogen (secondary N) is 1. The Kier molecular flexibility index (Phi) is 5.49. The molecular weight excluding hydrogens is 287 g/mol. The van der Waals surface area contributed by atoms with Gasteiger partial charge in [-0.05, 0) is 36.5 Å². The van der Waals surface area contributed by atoms with Crippen molar-refractivity contribution in [3.8, 4) is 0 Å². The maximum Gasteiger partial charge on any atom is 0.241 e. The molecule has 0 bridgehead atoms. The highest BCUT2D eigenvalue weighted by Gasteiger charge is 2.31. The van der Waals surface area contributed by atoms with Crippen molar-refractivity contribution in [2.24, 2.45) is 5.92 Å². The molecule has 1 aromatic rings. The quantitative estimate of drug-likeness (QED) is 0.779. The van der Waals surface area contributed by atoms with Gasteiger partial charge in [-0.15, -0.1) is 0 Å². The number of likely N-dealkylation sites (N-methyl/N-ethyl adjacent to an activating group) is 1. The molecule has 1 aromatic carbocycles. The molecule has 0 aliphatic heterocycles. The fourth-order valence-corrected chi connectivity index (χ4v) is 2.22. The molecule has 0 saturated heterocycles. The van der Waals surface area contributed by atoms with E-state index in [1.54, 1.807) is 13.1 Å². The molecule has 2 amide bonds. The molecule has 1 aliphatic rings. The van der Waals surface area contributed by atoms with Crippen LogP contribution in [0.1, 0.15) is 18.4 Å². The summed E-state index contributed by atoms with van der Waals surface area (Å²) in [5.74, 6) is -0.685. The predicted molar refractivity (Wildman–Crippen MR) is 79.5 cm³/mol. The third-order valence-corrected chi connectivity index (χ3v) is 3.74. The SMILES string of the molecule is CN(CC(O)C1CC1)C(=O)CNC(=O)Cc1cccc(F)c1. The number of aliphatic hydroxyl groups is 1. The van der Waals surface area contributed by atoms with Crippen LogP contribution in [0, 0.1) is 11.7 Å². The molecule has 120 valence electrons. The summed E-state index contributed by atoms with van der Waals surface area (Å²) in [5, 5.41) is 12.3. The van der Waals surface area contributed by atoms with E-state index in [2.05, 4.69) is 5.32 Å². The fraction of sp³-hybridized carbons (Fsp3) is 0.500. The van der Waals surface area contributed by atoms with Crippen molar-refractivity contribution in [1.29, 1.82) is 0 Å². The number of benzene rings is 1. The lowest BCUT2D eigenvalue weighted by molar-refractivity contribution is -0.132. The lowest BCUT2D eigenvalue weighted by Gasteiger charge is -2.20. The first-order valence-corrected chi connectivity index (χ1v) is 7.39. The minimum atomic E-state index is -0.489. The number of amides is 2. The summed E-state index contributed by atoms with van der Waals surface area (Å²) in [6.45, 7) is 0.158. The topological polar surface area (TPSA) is 69.6 Å². The second kappa shape index (κ2) is 7.35. The van der Waals surface area contributed by atoms with Gasteiger partial charge >= 0.3 is 0 Å². The van der Waals surface area contributed by atoms with Crippen LogP contribution in [-0.4, -0.2) is 48.1 Å². The van der Waals surface area contributed by atoms with E-state index in [1.807, 2.05) is 0 Å². The first-order valence-electron chi connectivity index (χ1n) is 7.39. The Morgan fingerprint density at radius 3 is 2.82 bits per heavy atom. The van der Waals surface area contributed by atoms with Crippen LogP contribution in [0.5, 0.6) is 0 Å². The van der Waals surface area contributed by atoms with Gasteiger partial charge in [0.05, 0.1) is 19.1 Å². The smallest absolute Gasteiger partial charge is 0.241 e. The Hall–Kier alpha value is -1.95. The van der Waals surface area contributed by atoms with Gasteiger partial charge in [-0.25, -0.2) is 4.39 Å². The first-order chi connectivity index (χ1) is 10.5. The summed E-state index contributed by atoms with van der Waals surface area (Å²) in [7, 11) is 1.60. The van der Waals surface area contributed by atoms with Gasteiger partial charge in [-0.1, -0.05) is 12.1 Å². The number of hydrogen-bond acceptors (Lipinski definition) is 3. The second-order valence-corrected chi connectivity index (χ2v) is 5.76. The second-order valence-electron chi connectivity index (χ2n) is 5.76. The van der Waals surface area contributed by atoms with E-state index in [0.29, 0.717) is 11.5 Å². The van der Waals surface area contributed by atoms with Crippen molar-refractivity contribution >= 4 is 11.8 Å². The molecule has 1 fully saturated rings. The van der Waals surface area contributed by atoms with Crippen LogP contribution in [0.4, 0.5) is 4.39 Å². The Morgan fingerprint density at radius 1 is 1.45 bits per heavy atom. The van der Waals surface area contributed by atoms with E-state index in [1.165, 1.54) is 23.1 Å². The van der Waals surface area contributed by atoms with Gasteiger partial charge in [-0.3, -0.25) is 9.59 Å². The van der Waals surface area contributed by atoms with Gasteiger partial charge in [0.25, 0.3) is 0 Å². The van der Waals surface area contributed by atoms with Crippen LogP contribution in [0.25, 0.3) is 0 Å². The molecule has 22 heavy (non-hydrogen) atoms. The van der Waals surface area contributed by atoms with E-state index in [9.17, 15) is 19.1 Å². The van der Waals surface area contributed by atoms with Gasteiger partial charge in [0.2, 0.25) is 11.8 Å². The fourth-order valence-electron chi connectivity index (χ4n) is 2.22. The zero-order valence-corrected chi connectivity index (χ0v) is 12.6. The summed E-state index contributed by atoms with van der Waals surface area (Å²) in [5.41, 5.74) is 0.558. The molecule has 2 rings (SSSR count). The third-order valence-electron chi connectivity index (χ3n) is 3.74. The Labute approximate surface area is 129 Å². The summed E-state index contributed by atoms with van der Waals surface area (Å²) >= 11 is 0. The van der Waals surface area contributed by atoms with E-state index >= 15 is 0 Å². The van der Waals surface area contributed by atoms with Gasteiger partial charge in [0.1, 0.15) is 5.82 Å². The van der Waals surface area contributed by atoms with E-state index in [-0.39, 0.29) is 31.3 Å². The molecule has 1 aliphatic carbocycles. The summed E-state index contributed by atoms with van der Waals surface area (Å²) in [4.78, 5) is 25.0. The Bertz CT molecular complexity index is 546. The van der Waals surface area contributed by atoms with Crippen molar-refractivity contribution in [2.45, 2.75) is 25.4 Å².